The molecule has 118 valence electrons. The molecule has 1 saturated carbocycles. The molecule has 7 unspecified atom stereocenters. The van der Waals surface area contributed by atoms with Gasteiger partial charge in [-0.2, -0.15) is 0 Å². The van der Waals surface area contributed by atoms with Crippen LogP contribution in [0.2, 0.25) is 0 Å². The van der Waals surface area contributed by atoms with Crippen LogP contribution in [0, 0.1) is 11.8 Å². The van der Waals surface area contributed by atoms with E-state index in [2.05, 4.69) is 54.1 Å². The second-order valence-electron chi connectivity index (χ2n) is 8.15. The highest BCUT2D eigenvalue weighted by Crippen LogP contribution is 2.66. The Bertz CT molecular complexity index is 784. The molecule has 7 atom stereocenters. The summed E-state index contributed by atoms with van der Waals surface area (Å²) in [5.74, 6) is 1.31. The van der Waals surface area contributed by atoms with Gasteiger partial charge in [-0.1, -0.05) is 29.8 Å². The molecule has 5 fully saturated rings. The summed E-state index contributed by atoms with van der Waals surface area (Å²) in [5.41, 5.74) is 3.91. The van der Waals surface area contributed by atoms with E-state index in [1.165, 1.54) is 23.2 Å². The summed E-state index contributed by atoms with van der Waals surface area (Å²) in [6.07, 6.45) is 4.50. The molecule has 1 aromatic rings. The van der Waals surface area contributed by atoms with E-state index < -0.39 is 0 Å². The summed E-state index contributed by atoms with van der Waals surface area (Å²) < 4.78 is 0. The fourth-order valence-corrected chi connectivity index (χ4v) is 7.05. The van der Waals surface area contributed by atoms with Gasteiger partial charge < -0.3 is 4.90 Å². The topological polar surface area (TPSA) is 23.6 Å². The van der Waals surface area contributed by atoms with E-state index in [4.69, 9.17) is 0 Å². The summed E-state index contributed by atoms with van der Waals surface area (Å²) in [6, 6.07) is 10.0. The first-order valence-corrected chi connectivity index (χ1v) is 8.96. The van der Waals surface area contributed by atoms with Crippen molar-refractivity contribution in [2.75, 3.05) is 18.5 Å². The molecule has 6 aliphatic rings. The smallest absolute Gasteiger partial charge is 0.150 e. The third kappa shape index (κ3) is 1.12. The summed E-state index contributed by atoms with van der Waals surface area (Å²) in [6.45, 7) is 3.24. The zero-order valence-electron chi connectivity index (χ0n) is 13.7. The molecule has 1 spiro atoms. The van der Waals surface area contributed by atoms with E-state index in [0.717, 1.165) is 13.0 Å². The standard InChI is InChI=1S/C20H22N2O/c1-3-11-10-22-15-8-12(11)17-16(22)9-20(19(17)23)13-6-4-5-7-14(13)21(2)18(15)20/h3-7,12,15-18H,8-10H2,1-2H3. The van der Waals surface area contributed by atoms with E-state index in [-0.39, 0.29) is 11.3 Å². The summed E-state index contributed by atoms with van der Waals surface area (Å²) in [4.78, 5) is 18.9. The fourth-order valence-electron chi connectivity index (χ4n) is 7.05. The molecule has 5 bridgehead atoms. The molecule has 5 heterocycles. The number of nitrogens with zero attached hydrogens (tertiary/aromatic N) is 2. The summed E-state index contributed by atoms with van der Waals surface area (Å²) in [5, 5.41) is 0. The number of Topliss-reactive ketones (excluding diaryl/α,β-unsaturated/α-hetero) is 1. The van der Waals surface area contributed by atoms with Gasteiger partial charge in [-0.15, -0.1) is 0 Å². The molecular formula is C20H22N2O. The lowest BCUT2D eigenvalue weighted by Gasteiger charge is -2.58. The van der Waals surface area contributed by atoms with Crippen LogP contribution in [0.5, 0.6) is 0 Å². The Hall–Kier alpha value is -1.61. The van der Waals surface area contributed by atoms with Crippen molar-refractivity contribution in [2.45, 2.75) is 43.3 Å². The van der Waals surface area contributed by atoms with Crippen molar-refractivity contribution in [1.29, 1.82) is 0 Å². The molecule has 4 saturated heterocycles. The average molecular weight is 306 g/mol. The lowest BCUT2D eigenvalue weighted by molar-refractivity contribution is -0.126. The number of rotatable bonds is 0. The minimum Gasteiger partial charge on any atom is -0.368 e. The van der Waals surface area contributed by atoms with E-state index >= 15 is 0 Å². The van der Waals surface area contributed by atoms with Crippen molar-refractivity contribution in [3.8, 4) is 0 Å². The van der Waals surface area contributed by atoms with E-state index in [1.54, 1.807) is 0 Å². The average Bonchev–Trinajstić information content (AvgIpc) is 2.98. The molecule has 1 aliphatic carbocycles. The summed E-state index contributed by atoms with van der Waals surface area (Å²) in [7, 11) is 2.21. The second-order valence-corrected chi connectivity index (χ2v) is 8.15. The summed E-state index contributed by atoms with van der Waals surface area (Å²) >= 11 is 0. The van der Waals surface area contributed by atoms with Crippen LogP contribution in [0.1, 0.15) is 25.3 Å². The highest BCUT2D eigenvalue weighted by Gasteiger charge is 2.74. The quantitative estimate of drug-likeness (QED) is 0.688. The van der Waals surface area contributed by atoms with Crippen molar-refractivity contribution in [3.05, 3.63) is 41.5 Å². The molecule has 23 heavy (non-hydrogen) atoms. The second kappa shape index (κ2) is 3.72. The van der Waals surface area contributed by atoms with Gasteiger partial charge >= 0.3 is 0 Å². The number of para-hydroxylation sites is 1. The molecule has 0 N–H and O–H groups in total. The molecule has 5 aliphatic heterocycles. The molecule has 3 heteroatoms. The minimum absolute atomic E-state index is 0.222. The van der Waals surface area contributed by atoms with Crippen LogP contribution in [0.4, 0.5) is 5.69 Å². The number of hydrogen-bond donors (Lipinski definition) is 0. The van der Waals surface area contributed by atoms with Gasteiger partial charge in [0.25, 0.3) is 0 Å². The first-order chi connectivity index (χ1) is 11.2. The number of hydrogen-bond acceptors (Lipinski definition) is 3. The molecule has 0 aromatic heterocycles. The lowest BCUT2D eigenvalue weighted by atomic mass is 9.65. The maximum absolute atomic E-state index is 13.7. The monoisotopic (exact) mass is 306 g/mol. The normalized spacial score (nSPS) is 49.9. The Labute approximate surface area is 137 Å². The van der Waals surface area contributed by atoms with Crippen LogP contribution >= 0.6 is 0 Å². The third-order valence-corrected chi connectivity index (χ3v) is 7.73. The highest BCUT2D eigenvalue weighted by molar-refractivity contribution is 6.01. The van der Waals surface area contributed by atoms with Crippen molar-refractivity contribution < 1.29 is 4.79 Å². The highest BCUT2D eigenvalue weighted by atomic mass is 16.1. The zero-order chi connectivity index (χ0) is 15.5. The van der Waals surface area contributed by atoms with E-state index in [0.29, 0.717) is 29.8 Å². The number of ketones is 1. The third-order valence-electron chi connectivity index (χ3n) is 7.73. The van der Waals surface area contributed by atoms with Gasteiger partial charge in [0.15, 0.2) is 5.78 Å². The van der Waals surface area contributed by atoms with Crippen LogP contribution in [0.15, 0.2) is 35.9 Å². The number of fused-ring (bicyclic) bond motifs is 2. The number of carbonyl (C=O) groups excluding carboxylic acids is 1. The van der Waals surface area contributed by atoms with Crippen molar-refractivity contribution in [3.63, 3.8) is 0 Å². The largest absolute Gasteiger partial charge is 0.368 e. The maximum atomic E-state index is 13.7. The van der Waals surface area contributed by atoms with Crippen LogP contribution in [0.25, 0.3) is 0 Å². The number of anilines is 1. The van der Waals surface area contributed by atoms with Gasteiger partial charge in [0.2, 0.25) is 0 Å². The van der Waals surface area contributed by atoms with Crippen LogP contribution < -0.4 is 4.90 Å². The number of likely N-dealkylation sites (N-methyl/N-ethyl adjacent to an activating group) is 1. The zero-order valence-corrected chi connectivity index (χ0v) is 13.7. The number of carbonyl (C=O) groups is 1. The van der Waals surface area contributed by atoms with Gasteiger partial charge in [-0.3, -0.25) is 9.69 Å². The van der Waals surface area contributed by atoms with Crippen molar-refractivity contribution in [1.82, 2.24) is 4.90 Å². The molecule has 3 nitrogen and oxygen atoms in total. The van der Waals surface area contributed by atoms with Gasteiger partial charge in [0.1, 0.15) is 0 Å². The van der Waals surface area contributed by atoms with Crippen molar-refractivity contribution in [2.24, 2.45) is 11.8 Å². The number of piperidine rings is 4. The SMILES string of the molecule is CC=C1CN2C3CC45C(=O)C3C1CC2C4N(C)c1ccccc15. The van der Waals surface area contributed by atoms with Crippen LogP contribution in [-0.4, -0.2) is 42.4 Å². The number of benzene rings is 1. The van der Waals surface area contributed by atoms with Gasteiger partial charge in [0.05, 0.1) is 11.5 Å². The Morgan fingerprint density at radius 3 is 2.91 bits per heavy atom. The maximum Gasteiger partial charge on any atom is 0.150 e. The first kappa shape index (κ1) is 12.8. The molecule has 7 rings (SSSR count). The fraction of sp³-hybridized carbons (Fsp3) is 0.550. The Morgan fingerprint density at radius 2 is 2.09 bits per heavy atom. The molecule has 0 radical (unpaired) electrons. The Balaban J connectivity index is 1.64. The minimum atomic E-state index is -0.222. The molecule has 1 aromatic carbocycles. The van der Waals surface area contributed by atoms with E-state index in [1.807, 2.05) is 0 Å². The number of allylic oxidation sites excluding steroid dienone is 1. The van der Waals surface area contributed by atoms with Crippen LogP contribution in [0.3, 0.4) is 0 Å². The molecular weight excluding hydrogens is 284 g/mol. The Kier molecular flexibility index (Phi) is 2.07. The lowest BCUT2D eigenvalue weighted by Crippen LogP contribution is -2.68. The Morgan fingerprint density at radius 1 is 1.26 bits per heavy atom. The van der Waals surface area contributed by atoms with E-state index in [9.17, 15) is 4.79 Å². The predicted molar refractivity (Wildman–Crippen MR) is 89.6 cm³/mol. The van der Waals surface area contributed by atoms with Crippen LogP contribution in [-0.2, 0) is 10.2 Å². The first-order valence-electron chi connectivity index (χ1n) is 8.96. The van der Waals surface area contributed by atoms with Gasteiger partial charge in [-0.05, 0) is 37.3 Å². The predicted octanol–water partition coefficient (Wildman–Crippen LogP) is 2.36. The van der Waals surface area contributed by atoms with Gasteiger partial charge in [-0.25, -0.2) is 0 Å². The van der Waals surface area contributed by atoms with Gasteiger partial charge in [0, 0.05) is 37.3 Å². The molecule has 0 amide bonds. The van der Waals surface area contributed by atoms with Crippen molar-refractivity contribution >= 4 is 11.5 Å².